The minimum Gasteiger partial charge on any atom is -0.445 e. The second-order valence-corrected chi connectivity index (χ2v) is 8.17. The Kier molecular flexibility index (Phi) is 9.23. The zero-order valence-corrected chi connectivity index (χ0v) is 20.2. The number of nitrogens with one attached hydrogen (secondary N) is 3. The average Bonchev–Trinajstić information content (AvgIpc) is 3.34. The summed E-state index contributed by atoms with van der Waals surface area (Å²) < 4.78 is 5.35. The Morgan fingerprint density at radius 1 is 1.26 bits per heavy atom. The number of nitrogens with zero attached hydrogens (tertiary/aromatic N) is 2. The van der Waals surface area contributed by atoms with Gasteiger partial charge >= 0.3 is 6.09 Å². The normalized spacial score (nSPS) is 19.6. The Hall–Kier alpha value is -3.88. The number of amides is 3. The molecule has 35 heavy (non-hydrogen) atoms. The number of benzene rings is 1. The van der Waals surface area contributed by atoms with Crippen LogP contribution in [0.15, 0.2) is 55.3 Å². The van der Waals surface area contributed by atoms with Gasteiger partial charge in [-0.25, -0.2) is 4.79 Å². The lowest BCUT2D eigenvalue weighted by atomic mass is 9.81. The van der Waals surface area contributed by atoms with Crippen LogP contribution in [0.3, 0.4) is 0 Å². The number of pyridine rings is 1. The largest absolute Gasteiger partial charge is 0.445 e. The van der Waals surface area contributed by atoms with E-state index in [1.54, 1.807) is 17.2 Å². The first kappa shape index (κ1) is 25.7. The Morgan fingerprint density at radius 2 is 2.09 bits per heavy atom. The highest BCUT2D eigenvalue weighted by Crippen LogP contribution is 2.51. The molecule has 9 nitrogen and oxygen atoms in total. The van der Waals surface area contributed by atoms with Crippen LogP contribution in [0.1, 0.15) is 54.0 Å². The van der Waals surface area contributed by atoms with Gasteiger partial charge in [0.15, 0.2) is 0 Å². The fourth-order valence-electron chi connectivity index (χ4n) is 4.54. The number of anilines is 1. The fourth-order valence-corrected chi connectivity index (χ4v) is 4.54. The lowest BCUT2D eigenvalue weighted by molar-refractivity contribution is -0.109. The summed E-state index contributed by atoms with van der Waals surface area (Å²) >= 11 is 0. The van der Waals surface area contributed by atoms with Crippen LogP contribution in [0.2, 0.25) is 0 Å². The quantitative estimate of drug-likeness (QED) is 0.414. The molecule has 9 heteroatoms. The van der Waals surface area contributed by atoms with E-state index in [0.717, 1.165) is 29.9 Å². The second kappa shape index (κ2) is 12.5. The van der Waals surface area contributed by atoms with Crippen molar-refractivity contribution in [3.8, 4) is 0 Å². The molecule has 1 aromatic carbocycles. The molecule has 3 amide bonds. The van der Waals surface area contributed by atoms with Crippen molar-refractivity contribution in [1.29, 1.82) is 0 Å². The van der Waals surface area contributed by atoms with Crippen LogP contribution in [-0.2, 0) is 9.53 Å². The van der Waals surface area contributed by atoms with Gasteiger partial charge in [-0.05, 0) is 56.2 Å². The van der Waals surface area contributed by atoms with Crippen LogP contribution >= 0.6 is 0 Å². The van der Waals surface area contributed by atoms with Crippen LogP contribution in [0.25, 0.3) is 0 Å². The van der Waals surface area contributed by atoms with E-state index in [0.29, 0.717) is 25.1 Å². The van der Waals surface area contributed by atoms with E-state index in [2.05, 4.69) is 27.5 Å². The number of carbonyl (C=O) groups excluding carboxylic acids is 3. The van der Waals surface area contributed by atoms with Crippen molar-refractivity contribution in [2.24, 2.45) is 5.92 Å². The smallest absolute Gasteiger partial charge is 0.410 e. The zero-order chi connectivity index (χ0) is 25.2. The van der Waals surface area contributed by atoms with Crippen LogP contribution in [0, 0.1) is 5.92 Å². The number of ether oxygens (including phenoxy) is 1. The van der Waals surface area contributed by atoms with Gasteiger partial charge in [-0.3, -0.25) is 14.6 Å². The molecule has 3 atom stereocenters. The summed E-state index contributed by atoms with van der Waals surface area (Å²) in [5, 5.41) is 8.87. The van der Waals surface area contributed by atoms with Gasteiger partial charge in [-0.1, -0.05) is 18.7 Å². The predicted octanol–water partition coefficient (Wildman–Crippen LogP) is 3.44. The molecule has 1 aromatic heterocycles. The molecule has 1 fully saturated rings. The maximum atomic E-state index is 12.8. The number of carbonyl (C=O) groups is 3. The van der Waals surface area contributed by atoms with Crippen molar-refractivity contribution in [3.05, 3.63) is 72.1 Å². The van der Waals surface area contributed by atoms with E-state index in [1.165, 1.54) is 0 Å². The molecular weight excluding hydrogens is 446 g/mol. The Morgan fingerprint density at radius 3 is 2.71 bits per heavy atom. The van der Waals surface area contributed by atoms with Gasteiger partial charge in [-0.15, -0.1) is 0 Å². The standard InChI is InChI=1S/C23H26N4O3.C3H7NO/c1-3-13-30-23(29)27-12-10-16-20(19-7-5-6-11-25-19)26-18-9-8-15(22(28)24-4-2)14-17(18)21(16)27;1-2-4-3-5/h3,5-9,11,14,16,20-21,26H,1,4,10,12-13H2,2H3,(H,24,28);3H,2H2,1H3,(H,4,5)/t16?,20?,21-;/m0./s1. The molecule has 2 aliphatic heterocycles. The maximum absolute atomic E-state index is 12.8. The first-order valence-corrected chi connectivity index (χ1v) is 11.9. The summed E-state index contributed by atoms with van der Waals surface area (Å²) in [5.41, 5.74) is 3.36. The zero-order valence-electron chi connectivity index (χ0n) is 20.2. The van der Waals surface area contributed by atoms with E-state index in [4.69, 9.17) is 4.74 Å². The molecule has 3 N–H and O–H groups in total. The van der Waals surface area contributed by atoms with Crippen molar-refractivity contribution in [1.82, 2.24) is 20.5 Å². The van der Waals surface area contributed by atoms with Gasteiger partial charge < -0.3 is 25.6 Å². The highest BCUT2D eigenvalue weighted by atomic mass is 16.6. The van der Waals surface area contributed by atoms with Gasteiger partial charge in [0.05, 0.1) is 17.8 Å². The van der Waals surface area contributed by atoms with Crippen molar-refractivity contribution < 1.29 is 19.1 Å². The molecule has 4 rings (SSSR count). The first-order valence-electron chi connectivity index (χ1n) is 11.9. The molecule has 0 saturated carbocycles. The van der Waals surface area contributed by atoms with Crippen LogP contribution < -0.4 is 16.0 Å². The Balaban J connectivity index is 0.000000623. The summed E-state index contributed by atoms with van der Waals surface area (Å²) in [6, 6.07) is 11.2. The molecule has 1 saturated heterocycles. The minimum atomic E-state index is -0.363. The summed E-state index contributed by atoms with van der Waals surface area (Å²) in [5.74, 6) is -0.00403. The monoisotopic (exact) mass is 479 g/mol. The second-order valence-electron chi connectivity index (χ2n) is 8.17. The summed E-state index contributed by atoms with van der Waals surface area (Å²) in [6.45, 7) is 9.41. The third-order valence-electron chi connectivity index (χ3n) is 6.01. The molecule has 3 heterocycles. The van der Waals surface area contributed by atoms with Gasteiger partial charge in [0.2, 0.25) is 6.41 Å². The number of fused-ring (bicyclic) bond motifs is 3. The SMILES string of the molecule is C=CCOC(=O)N1CCC2C(c3ccccn3)Nc3ccc(C(=O)NCC)cc3[C@H]21.CCNC=O. The molecule has 0 radical (unpaired) electrons. The lowest BCUT2D eigenvalue weighted by Crippen LogP contribution is -2.38. The van der Waals surface area contributed by atoms with Gasteiger partial charge in [-0.2, -0.15) is 0 Å². The molecular formula is C26H33N5O4. The highest BCUT2D eigenvalue weighted by molar-refractivity contribution is 5.95. The number of hydrogen-bond acceptors (Lipinski definition) is 6. The topological polar surface area (TPSA) is 113 Å². The molecule has 2 unspecified atom stereocenters. The molecule has 186 valence electrons. The predicted molar refractivity (Wildman–Crippen MR) is 134 cm³/mol. The van der Waals surface area contributed by atoms with E-state index in [9.17, 15) is 14.4 Å². The maximum Gasteiger partial charge on any atom is 0.410 e. The highest BCUT2D eigenvalue weighted by Gasteiger charge is 2.47. The van der Waals surface area contributed by atoms with Gasteiger partial charge in [0.1, 0.15) is 6.61 Å². The van der Waals surface area contributed by atoms with Crippen LogP contribution in [-0.4, -0.2) is 54.5 Å². The van der Waals surface area contributed by atoms with E-state index < -0.39 is 0 Å². The number of hydrogen-bond donors (Lipinski definition) is 3. The number of rotatable bonds is 7. The summed E-state index contributed by atoms with van der Waals surface area (Å²) in [6.07, 6.45) is 4.47. The lowest BCUT2D eigenvalue weighted by Gasteiger charge is -2.39. The van der Waals surface area contributed by atoms with Crippen molar-refractivity contribution in [2.45, 2.75) is 32.4 Å². The Bertz CT molecular complexity index is 1030. The summed E-state index contributed by atoms with van der Waals surface area (Å²) in [4.78, 5) is 40.8. The molecule has 0 bridgehead atoms. The fraction of sp³-hybridized carbons (Fsp3) is 0.385. The molecule has 0 aliphatic carbocycles. The van der Waals surface area contributed by atoms with Gasteiger partial charge in [0.25, 0.3) is 5.91 Å². The molecule has 0 spiro atoms. The molecule has 2 aliphatic rings. The Labute approximate surface area is 205 Å². The minimum absolute atomic E-state index is 0.0313. The number of aromatic nitrogens is 1. The number of likely N-dealkylation sites (tertiary alicyclic amines) is 1. The first-order chi connectivity index (χ1) is 17.0. The van der Waals surface area contributed by atoms with Crippen molar-refractivity contribution >= 4 is 24.1 Å². The van der Waals surface area contributed by atoms with E-state index >= 15 is 0 Å². The van der Waals surface area contributed by atoms with Crippen molar-refractivity contribution in [2.75, 3.05) is 31.6 Å². The molecule has 2 aromatic rings. The summed E-state index contributed by atoms with van der Waals surface area (Å²) in [7, 11) is 0. The average molecular weight is 480 g/mol. The van der Waals surface area contributed by atoms with Crippen molar-refractivity contribution in [3.63, 3.8) is 0 Å². The van der Waals surface area contributed by atoms with Crippen LogP contribution in [0.4, 0.5) is 10.5 Å². The van der Waals surface area contributed by atoms with Gasteiger partial charge in [0, 0.05) is 43.0 Å². The van der Waals surface area contributed by atoms with Crippen LogP contribution in [0.5, 0.6) is 0 Å². The third-order valence-corrected chi connectivity index (χ3v) is 6.01. The third kappa shape index (κ3) is 5.98. The van der Waals surface area contributed by atoms with E-state index in [1.807, 2.05) is 50.2 Å². The van der Waals surface area contributed by atoms with E-state index in [-0.39, 0.29) is 36.6 Å².